The smallest absolute Gasteiger partial charge is 0.399 e. The third-order valence-corrected chi connectivity index (χ3v) is 11.7. The van der Waals surface area contributed by atoms with Gasteiger partial charge in [-0.25, -0.2) is 19.9 Å². The maximum atomic E-state index is 12.3. The highest BCUT2D eigenvalue weighted by Gasteiger charge is 2.51. The molecule has 52 heavy (non-hydrogen) atoms. The summed E-state index contributed by atoms with van der Waals surface area (Å²) in [7, 11) is 2.31. The predicted octanol–water partition coefficient (Wildman–Crippen LogP) is 6.43. The minimum atomic E-state index is -2.42. The van der Waals surface area contributed by atoms with Gasteiger partial charge in [-0.05, 0) is 106 Å². The van der Waals surface area contributed by atoms with Crippen molar-refractivity contribution in [2.45, 2.75) is 53.8 Å². The van der Waals surface area contributed by atoms with Crippen LogP contribution in [0.25, 0.3) is 11.1 Å². The lowest BCUT2D eigenvalue weighted by molar-refractivity contribution is 0.00578. The van der Waals surface area contributed by atoms with Gasteiger partial charge in [0.25, 0.3) is 0 Å². The van der Waals surface area contributed by atoms with Gasteiger partial charge < -0.3 is 39.7 Å². The molecule has 286 valence electrons. The third kappa shape index (κ3) is 12.1. The SMILES string of the molecule is C.C.CC1(C)OB(c2ccc(N)c(P(C)(C)=O)c2)OC1(C)C.CN(C)c1ncc(-c2ccc(N)c(P(C)(C)=O)c2)cn1.CN(C)c1ncc(Br)cn1. The van der Waals surface area contributed by atoms with Gasteiger partial charge in [0.2, 0.25) is 11.9 Å². The number of anilines is 4. The van der Waals surface area contributed by atoms with Gasteiger partial charge in [0.1, 0.15) is 14.3 Å². The summed E-state index contributed by atoms with van der Waals surface area (Å²) in [6, 6.07) is 11.0. The lowest BCUT2D eigenvalue weighted by atomic mass is 9.79. The molecule has 3 heterocycles. The van der Waals surface area contributed by atoms with Crippen LogP contribution < -0.4 is 37.3 Å². The third-order valence-electron chi connectivity index (χ3n) is 8.15. The van der Waals surface area contributed by atoms with Crippen LogP contribution in [0.5, 0.6) is 0 Å². The van der Waals surface area contributed by atoms with E-state index in [9.17, 15) is 9.13 Å². The molecule has 0 amide bonds. The molecular formula is C36H58BBrN8O4P2. The standard InChI is InChI=1S/C14H23BNO3P.C14H19N4OP.C6H8BrN3.2CH4/c1-13(2)14(3,4)19-15(18-13)10-7-8-11(16)12(9-10)20(5,6)17;1-18(2)14-16-8-11(9-17-14)10-5-6-12(15)13(7-10)20(3,4)19;1-10(2)6-8-3-5(7)4-9-6;;/h7-9H,16H2,1-6H3;5-9H,15H2,1-4H3;3-4H,1-2H3;2*1H4. The molecule has 0 radical (unpaired) electrons. The summed E-state index contributed by atoms with van der Waals surface area (Å²) in [5.41, 5.74) is 14.8. The van der Waals surface area contributed by atoms with Gasteiger partial charge in [0, 0.05) is 80.5 Å². The topological polar surface area (TPSA) is 163 Å². The molecule has 2 aromatic heterocycles. The minimum Gasteiger partial charge on any atom is -0.399 e. The van der Waals surface area contributed by atoms with Crippen molar-refractivity contribution >= 4 is 76.7 Å². The zero-order valence-corrected chi connectivity index (χ0v) is 34.5. The lowest BCUT2D eigenvalue weighted by Gasteiger charge is -2.32. The highest BCUT2D eigenvalue weighted by Crippen LogP contribution is 2.39. The van der Waals surface area contributed by atoms with E-state index in [1.165, 1.54) is 0 Å². The molecule has 2 aromatic carbocycles. The molecule has 1 aliphatic heterocycles. The molecule has 4 aromatic rings. The van der Waals surface area contributed by atoms with E-state index in [2.05, 4.69) is 35.9 Å². The zero-order valence-electron chi connectivity index (χ0n) is 31.1. The van der Waals surface area contributed by atoms with E-state index < -0.39 is 21.4 Å². The molecule has 0 saturated carbocycles. The van der Waals surface area contributed by atoms with E-state index in [1.807, 2.05) is 90.0 Å². The Kier molecular flexibility index (Phi) is 16.3. The molecule has 1 saturated heterocycles. The van der Waals surface area contributed by atoms with Crippen molar-refractivity contribution in [3.63, 3.8) is 0 Å². The first-order chi connectivity index (χ1) is 22.9. The molecule has 1 fully saturated rings. The van der Waals surface area contributed by atoms with Gasteiger partial charge in [-0.2, -0.15) is 0 Å². The molecule has 5 rings (SSSR count). The van der Waals surface area contributed by atoms with E-state index in [-0.39, 0.29) is 26.1 Å². The molecule has 0 atom stereocenters. The molecule has 0 unspecified atom stereocenters. The fraction of sp³-hybridized carbons (Fsp3) is 0.444. The van der Waals surface area contributed by atoms with Crippen molar-refractivity contribution in [2.24, 2.45) is 0 Å². The number of nitrogens with zero attached hydrogens (tertiary/aromatic N) is 6. The van der Waals surface area contributed by atoms with Gasteiger partial charge in [0.05, 0.1) is 15.7 Å². The van der Waals surface area contributed by atoms with E-state index >= 15 is 0 Å². The van der Waals surface area contributed by atoms with E-state index in [0.29, 0.717) is 27.9 Å². The van der Waals surface area contributed by atoms with Crippen LogP contribution in [-0.4, -0.2) is 93.1 Å². The Morgan fingerprint density at radius 2 is 1.04 bits per heavy atom. The normalized spacial score (nSPS) is 14.4. The Labute approximate surface area is 320 Å². The molecule has 1 aliphatic rings. The van der Waals surface area contributed by atoms with Crippen molar-refractivity contribution in [1.29, 1.82) is 0 Å². The number of halogens is 1. The van der Waals surface area contributed by atoms with Gasteiger partial charge >= 0.3 is 7.12 Å². The second-order valence-corrected chi connectivity index (χ2v) is 21.4. The summed E-state index contributed by atoms with van der Waals surface area (Å²) in [6.07, 6.45) is 6.96. The molecule has 4 N–H and O–H groups in total. The van der Waals surface area contributed by atoms with Crippen molar-refractivity contribution < 1.29 is 18.4 Å². The van der Waals surface area contributed by atoms with Crippen LogP contribution in [0, 0.1) is 0 Å². The van der Waals surface area contributed by atoms with Crippen LogP contribution in [0.1, 0.15) is 42.5 Å². The quantitative estimate of drug-likeness (QED) is 0.125. The molecule has 0 bridgehead atoms. The largest absolute Gasteiger partial charge is 0.494 e. The first-order valence-electron chi connectivity index (χ1n) is 15.8. The van der Waals surface area contributed by atoms with E-state index in [1.54, 1.807) is 63.6 Å². The highest BCUT2D eigenvalue weighted by molar-refractivity contribution is 9.10. The summed E-state index contributed by atoms with van der Waals surface area (Å²) in [4.78, 5) is 20.3. The summed E-state index contributed by atoms with van der Waals surface area (Å²) >= 11 is 3.25. The fourth-order valence-electron chi connectivity index (χ4n) is 4.58. The van der Waals surface area contributed by atoms with Crippen LogP contribution in [0.2, 0.25) is 0 Å². The highest BCUT2D eigenvalue weighted by atomic mass is 79.9. The lowest BCUT2D eigenvalue weighted by Crippen LogP contribution is -2.41. The first-order valence-corrected chi connectivity index (χ1v) is 21.8. The number of hydrogen-bond donors (Lipinski definition) is 2. The van der Waals surface area contributed by atoms with Crippen molar-refractivity contribution in [1.82, 2.24) is 19.9 Å². The summed E-state index contributed by atoms with van der Waals surface area (Å²) in [5, 5.41) is 1.39. The maximum absolute atomic E-state index is 12.3. The summed E-state index contributed by atoms with van der Waals surface area (Å²) < 4.78 is 37.5. The second kappa shape index (κ2) is 18.2. The average Bonchev–Trinajstić information content (AvgIpc) is 3.23. The van der Waals surface area contributed by atoms with Gasteiger partial charge in [0.15, 0.2) is 0 Å². The van der Waals surface area contributed by atoms with Crippen LogP contribution in [-0.2, 0) is 18.4 Å². The molecule has 0 aliphatic carbocycles. The summed E-state index contributed by atoms with van der Waals surface area (Å²) in [6.45, 7) is 14.9. The number of nitrogens with two attached hydrogens (primary N) is 2. The minimum absolute atomic E-state index is 0. The van der Waals surface area contributed by atoms with E-state index in [4.69, 9.17) is 20.8 Å². The Morgan fingerprint density at radius 1 is 0.654 bits per heavy atom. The predicted molar refractivity (Wildman–Crippen MR) is 228 cm³/mol. The Morgan fingerprint density at radius 3 is 1.44 bits per heavy atom. The van der Waals surface area contributed by atoms with Crippen molar-refractivity contribution in [3.05, 3.63) is 65.7 Å². The Hall–Kier alpha value is -3.28. The number of nitrogen functional groups attached to an aromatic ring is 2. The molecule has 0 spiro atoms. The second-order valence-electron chi connectivity index (χ2n) is 14.1. The maximum Gasteiger partial charge on any atom is 0.494 e. The number of hydrogen-bond acceptors (Lipinski definition) is 12. The van der Waals surface area contributed by atoms with Gasteiger partial charge in [-0.1, -0.05) is 27.0 Å². The van der Waals surface area contributed by atoms with Crippen LogP contribution in [0.4, 0.5) is 23.3 Å². The van der Waals surface area contributed by atoms with Gasteiger partial charge in [-0.3, -0.25) is 0 Å². The van der Waals surface area contributed by atoms with Crippen LogP contribution in [0.15, 0.2) is 65.7 Å². The first kappa shape index (κ1) is 46.7. The van der Waals surface area contributed by atoms with Crippen molar-refractivity contribution in [2.75, 3.05) is 76.1 Å². The zero-order chi connectivity index (χ0) is 37.8. The monoisotopic (exact) mass is 818 g/mol. The molecule has 16 heteroatoms. The van der Waals surface area contributed by atoms with Crippen LogP contribution in [0.3, 0.4) is 0 Å². The van der Waals surface area contributed by atoms with E-state index in [0.717, 1.165) is 27.0 Å². The summed E-state index contributed by atoms with van der Waals surface area (Å²) in [5.74, 6) is 1.38. The van der Waals surface area contributed by atoms with Crippen LogP contribution >= 0.6 is 30.2 Å². The number of aromatic nitrogens is 4. The molecule has 12 nitrogen and oxygen atoms in total. The Balaban J connectivity index is 0.000000403. The fourth-order valence-corrected chi connectivity index (χ4v) is 7.09. The average molecular weight is 820 g/mol. The van der Waals surface area contributed by atoms with Gasteiger partial charge in [-0.15, -0.1) is 0 Å². The molecular weight excluding hydrogens is 761 g/mol. The number of rotatable bonds is 6. The number of benzene rings is 2. The van der Waals surface area contributed by atoms with Crippen molar-refractivity contribution in [3.8, 4) is 11.1 Å². The Bertz CT molecular complexity index is 1850.